The minimum atomic E-state index is 0. The molecule has 0 atom stereocenters. The van der Waals surface area contributed by atoms with Gasteiger partial charge in [0.2, 0.25) is 5.88 Å². The van der Waals surface area contributed by atoms with E-state index in [1.807, 2.05) is 31.5 Å². The van der Waals surface area contributed by atoms with Crippen molar-refractivity contribution in [3.63, 3.8) is 0 Å². The van der Waals surface area contributed by atoms with Crippen molar-refractivity contribution in [2.45, 2.75) is 32.7 Å². The quantitative estimate of drug-likeness (QED) is 0.214. The lowest BCUT2D eigenvalue weighted by molar-refractivity contribution is 0.305. The zero-order valence-corrected chi connectivity index (χ0v) is 16.7. The van der Waals surface area contributed by atoms with E-state index < -0.39 is 0 Å². The molecule has 0 aliphatic rings. The third-order valence-electron chi connectivity index (χ3n) is 3.18. The first kappa shape index (κ1) is 21.7. The van der Waals surface area contributed by atoms with Gasteiger partial charge in [-0.15, -0.1) is 30.6 Å². The number of aliphatic imine (C=N–C) groups is 1. The van der Waals surface area contributed by atoms with Crippen molar-refractivity contribution >= 4 is 29.9 Å². The van der Waals surface area contributed by atoms with Crippen molar-refractivity contribution in [2.24, 2.45) is 4.99 Å². The third kappa shape index (κ3) is 8.78. The number of rotatable bonds is 9. The topological polar surface area (TPSA) is 49.8 Å². The number of halogens is 1. The molecule has 0 saturated carbocycles. The van der Waals surface area contributed by atoms with Crippen LogP contribution in [0.4, 0.5) is 0 Å². The Hall–Kier alpha value is -1.31. The molecular formula is C17H29IN4O. The second-order valence-electron chi connectivity index (χ2n) is 5.11. The molecular weight excluding hydrogens is 403 g/mol. The monoisotopic (exact) mass is 432 g/mol. The highest BCUT2D eigenvalue weighted by atomic mass is 127. The van der Waals surface area contributed by atoms with E-state index in [0.717, 1.165) is 37.3 Å². The number of nitrogens with one attached hydrogen (secondary N) is 1. The number of guanidine groups is 1. The van der Waals surface area contributed by atoms with E-state index in [1.54, 1.807) is 7.05 Å². The number of pyridine rings is 1. The summed E-state index contributed by atoms with van der Waals surface area (Å²) in [5, 5.41) is 3.34. The Labute approximate surface area is 157 Å². The van der Waals surface area contributed by atoms with Gasteiger partial charge in [-0.1, -0.05) is 19.1 Å². The highest BCUT2D eigenvalue weighted by Gasteiger charge is 2.05. The predicted octanol–water partition coefficient (Wildman–Crippen LogP) is 3.46. The molecule has 0 unspecified atom stereocenters. The molecule has 1 rings (SSSR count). The van der Waals surface area contributed by atoms with Crippen LogP contribution in [0.25, 0.3) is 0 Å². The van der Waals surface area contributed by atoms with E-state index in [0.29, 0.717) is 19.0 Å². The molecule has 6 heteroatoms. The Morgan fingerprint density at radius 1 is 1.48 bits per heavy atom. The molecule has 130 valence electrons. The lowest BCUT2D eigenvalue weighted by Gasteiger charge is -2.21. The number of aromatic nitrogens is 1. The average molecular weight is 432 g/mol. The van der Waals surface area contributed by atoms with Crippen LogP contribution in [0.3, 0.4) is 0 Å². The summed E-state index contributed by atoms with van der Waals surface area (Å²) in [5.41, 5.74) is 1.10. The second kappa shape index (κ2) is 13.2. The first-order valence-electron chi connectivity index (χ1n) is 7.81. The number of allylic oxidation sites excluding steroid dienone is 1. The van der Waals surface area contributed by atoms with Crippen LogP contribution in [0.2, 0.25) is 0 Å². The number of hydrogen-bond acceptors (Lipinski definition) is 3. The maximum atomic E-state index is 5.48. The number of nitrogens with zero attached hydrogens (tertiary/aromatic N) is 3. The van der Waals surface area contributed by atoms with Gasteiger partial charge in [-0.2, -0.15) is 0 Å². The molecule has 0 fully saturated rings. The van der Waals surface area contributed by atoms with E-state index in [-0.39, 0.29) is 24.0 Å². The van der Waals surface area contributed by atoms with Crippen LogP contribution in [-0.4, -0.2) is 43.1 Å². The van der Waals surface area contributed by atoms with E-state index in [1.165, 1.54) is 0 Å². The number of hydrogen-bond donors (Lipinski definition) is 1. The zero-order chi connectivity index (χ0) is 16.2. The van der Waals surface area contributed by atoms with Gasteiger partial charge in [0.15, 0.2) is 5.96 Å². The highest BCUT2D eigenvalue weighted by Crippen LogP contribution is 2.08. The molecule has 1 aromatic rings. The van der Waals surface area contributed by atoms with Crippen LogP contribution < -0.4 is 10.1 Å². The lowest BCUT2D eigenvalue weighted by Crippen LogP contribution is -2.38. The van der Waals surface area contributed by atoms with Crippen molar-refractivity contribution in [3.8, 4) is 5.88 Å². The summed E-state index contributed by atoms with van der Waals surface area (Å²) in [5.74, 6) is 1.56. The highest BCUT2D eigenvalue weighted by molar-refractivity contribution is 14.0. The third-order valence-corrected chi connectivity index (χ3v) is 3.18. The van der Waals surface area contributed by atoms with Gasteiger partial charge in [-0.3, -0.25) is 4.99 Å². The molecule has 0 bridgehead atoms. The van der Waals surface area contributed by atoms with Gasteiger partial charge in [-0.05, 0) is 24.8 Å². The molecule has 0 saturated heterocycles. The molecule has 5 nitrogen and oxygen atoms in total. The molecule has 0 aromatic carbocycles. The van der Waals surface area contributed by atoms with Gasteiger partial charge in [0.05, 0.1) is 6.61 Å². The van der Waals surface area contributed by atoms with Crippen LogP contribution in [0, 0.1) is 0 Å². The smallest absolute Gasteiger partial charge is 0.213 e. The molecule has 0 aliphatic heterocycles. The molecule has 1 aromatic heterocycles. The van der Waals surface area contributed by atoms with Crippen LogP contribution in [-0.2, 0) is 6.54 Å². The van der Waals surface area contributed by atoms with Crippen molar-refractivity contribution in [1.29, 1.82) is 0 Å². The molecule has 0 spiro atoms. The first-order valence-corrected chi connectivity index (χ1v) is 7.81. The van der Waals surface area contributed by atoms with Crippen LogP contribution in [0.5, 0.6) is 5.88 Å². The Balaban J connectivity index is 0.00000484. The van der Waals surface area contributed by atoms with Crippen molar-refractivity contribution in [3.05, 3.63) is 36.5 Å². The first-order chi connectivity index (χ1) is 10.7. The van der Waals surface area contributed by atoms with Crippen LogP contribution >= 0.6 is 24.0 Å². The molecule has 0 aliphatic carbocycles. The van der Waals surface area contributed by atoms with Crippen molar-refractivity contribution in [2.75, 3.05) is 27.2 Å². The maximum absolute atomic E-state index is 5.48. The standard InChI is InChI=1S/C17H28N4O.HI/c1-5-7-8-11-21(4)17(18-3)20-14-15-9-10-16(19-13-15)22-12-6-2;/h5,9-10,13H,1,6-8,11-12,14H2,2-4H3,(H,18,20);1H. The Kier molecular flexibility index (Phi) is 12.4. The fourth-order valence-corrected chi connectivity index (χ4v) is 1.95. The zero-order valence-electron chi connectivity index (χ0n) is 14.4. The van der Waals surface area contributed by atoms with Gasteiger partial charge < -0.3 is 15.0 Å². The maximum Gasteiger partial charge on any atom is 0.213 e. The summed E-state index contributed by atoms with van der Waals surface area (Å²) < 4.78 is 5.48. The Morgan fingerprint density at radius 3 is 2.83 bits per heavy atom. The van der Waals surface area contributed by atoms with E-state index >= 15 is 0 Å². The average Bonchev–Trinajstić information content (AvgIpc) is 2.55. The number of unbranched alkanes of at least 4 members (excludes halogenated alkanes) is 1. The molecule has 23 heavy (non-hydrogen) atoms. The van der Waals surface area contributed by atoms with Gasteiger partial charge in [0.1, 0.15) is 0 Å². The fourth-order valence-electron chi connectivity index (χ4n) is 1.95. The van der Waals surface area contributed by atoms with Gasteiger partial charge in [0.25, 0.3) is 0 Å². The molecule has 0 radical (unpaired) electrons. The van der Waals surface area contributed by atoms with Crippen LogP contribution in [0.1, 0.15) is 31.7 Å². The number of ether oxygens (including phenoxy) is 1. The Morgan fingerprint density at radius 2 is 2.26 bits per heavy atom. The van der Waals surface area contributed by atoms with E-state index in [4.69, 9.17) is 4.74 Å². The summed E-state index contributed by atoms with van der Waals surface area (Å²) in [6.07, 6.45) is 6.86. The largest absolute Gasteiger partial charge is 0.478 e. The molecule has 0 amide bonds. The van der Waals surface area contributed by atoms with Gasteiger partial charge in [0, 0.05) is 39.4 Å². The summed E-state index contributed by atoms with van der Waals surface area (Å²) >= 11 is 0. The SMILES string of the molecule is C=CCCCN(C)C(=NC)NCc1ccc(OCCC)nc1.I. The van der Waals surface area contributed by atoms with E-state index in [9.17, 15) is 0 Å². The second-order valence-corrected chi connectivity index (χ2v) is 5.11. The van der Waals surface area contributed by atoms with Crippen molar-refractivity contribution < 1.29 is 4.74 Å². The van der Waals surface area contributed by atoms with Gasteiger partial charge >= 0.3 is 0 Å². The minimum Gasteiger partial charge on any atom is -0.478 e. The lowest BCUT2D eigenvalue weighted by atomic mass is 10.3. The Bertz CT molecular complexity index is 462. The summed E-state index contributed by atoms with van der Waals surface area (Å²) in [7, 11) is 3.84. The van der Waals surface area contributed by atoms with E-state index in [2.05, 4.69) is 33.7 Å². The molecule has 1 N–H and O–H groups in total. The van der Waals surface area contributed by atoms with Gasteiger partial charge in [-0.25, -0.2) is 4.98 Å². The summed E-state index contributed by atoms with van der Waals surface area (Å²) in [4.78, 5) is 10.7. The predicted molar refractivity (Wildman–Crippen MR) is 108 cm³/mol. The normalized spacial score (nSPS) is 10.7. The van der Waals surface area contributed by atoms with Crippen molar-refractivity contribution in [1.82, 2.24) is 15.2 Å². The summed E-state index contributed by atoms with van der Waals surface area (Å²) in [6, 6.07) is 3.93. The minimum absolute atomic E-state index is 0. The molecule has 1 heterocycles. The summed E-state index contributed by atoms with van der Waals surface area (Å²) in [6.45, 7) is 8.17. The van der Waals surface area contributed by atoms with Crippen LogP contribution in [0.15, 0.2) is 36.0 Å². The fraction of sp³-hybridized carbons (Fsp3) is 0.529.